The van der Waals surface area contributed by atoms with Crippen molar-refractivity contribution in [3.05, 3.63) is 28.8 Å². The average Bonchev–Trinajstić information content (AvgIpc) is 3.10. The van der Waals surface area contributed by atoms with Gasteiger partial charge in [0.15, 0.2) is 11.9 Å². The number of aliphatic hydroxyl groups excluding tert-OH is 1. The number of Topliss-reactive ketones (excluding diaryl/α,β-unsaturated/α-hetero) is 1. The van der Waals surface area contributed by atoms with Crippen LogP contribution in [0.3, 0.4) is 0 Å². The van der Waals surface area contributed by atoms with E-state index < -0.39 is 12.2 Å². The molecule has 3 atom stereocenters. The first kappa shape index (κ1) is 19.1. The molecular formula is C24H28ClNO4. The minimum absolute atomic E-state index is 0.105. The largest absolute Gasteiger partial charge is 0.482 e. The molecule has 4 aliphatic carbocycles. The predicted molar refractivity (Wildman–Crippen MR) is 113 cm³/mol. The van der Waals surface area contributed by atoms with Gasteiger partial charge in [-0.1, -0.05) is 23.7 Å². The molecule has 6 aliphatic rings. The van der Waals surface area contributed by atoms with Crippen LogP contribution in [-0.4, -0.2) is 28.8 Å². The van der Waals surface area contributed by atoms with Crippen LogP contribution in [0.15, 0.2) is 23.4 Å². The van der Waals surface area contributed by atoms with E-state index in [4.69, 9.17) is 21.2 Å². The summed E-state index contributed by atoms with van der Waals surface area (Å²) in [6.07, 6.45) is 6.49. The van der Waals surface area contributed by atoms with E-state index in [0.717, 1.165) is 31.6 Å². The van der Waals surface area contributed by atoms with E-state index in [1.165, 1.54) is 18.6 Å². The van der Waals surface area contributed by atoms with E-state index in [0.29, 0.717) is 35.1 Å². The zero-order valence-electron chi connectivity index (χ0n) is 17.3. The molecule has 6 heteroatoms. The van der Waals surface area contributed by atoms with Crippen molar-refractivity contribution in [2.24, 2.45) is 27.8 Å². The van der Waals surface area contributed by atoms with Gasteiger partial charge in [-0.3, -0.25) is 4.79 Å². The lowest BCUT2D eigenvalue weighted by molar-refractivity contribution is -0.171. The average molecular weight is 430 g/mol. The van der Waals surface area contributed by atoms with Crippen LogP contribution in [0.25, 0.3) is 0 Å². The summed E-state index contributed by atoms with van der Waals surface area (Å²) in [6.45, 7) is 2.30. The number of carbonyl (C=O) groups excluding carboxylic acids is 1. The van der Waals surface area contributed by atoms with Crippen LogP contribution in [0, 0.1) is 22.7 Å². The second-order valence-corrected chi connectivity index (χ2v) is 11.2. The summed E-state index contributed by atoms with van der Waals surface area (Å²) in [6, 6.07) is 5.19. The Kier molecular flexibility index (Phi) is 4.12. The summed E-state index contributed by atoms with van der Waals surface area (Å²) in [4.78, 5) is 18.8. The van der Waals surface area contributed by atoms with Crippen molar-refractivity contribution in [3.8, 4) is 5.75 Å². The summed E-state index contributed by atoms with van der Waals surface area (Å²) < 4.78 is 5.93. The lowest BCUT2D eigenvalue weighted by atomic mass is 9.32. The second kappa shape index (κ2) is 6.46. The molecule has 0 radical (unpaired) electrons. The minimum Gasteiger partial charge on any atom is -0.482 e. The number of ether oxygens (including phenoxy) is 1. The summed E-state index contributed by atoms with van der Waals surface area (Å²) >= 11 is 6.02. The highest BCUT2D eigenvalue weighted by atomic mass is 35.5. The van der Waals surface area contributed by atoms with Gasteiger partial charge in [0.1, 0.15) is 11.9 Å². The molecule has 2 aliphatic heterocycles. The minimum atomic E-state index is -0.711. The van der Waals surface area contributed by atoms with Gasteiger partial charge in [0.25, 0.3) is 0 Å². The number of ketones is 1. The van der Waals surface area contributed by atoms with Crippen LogP contribution in [0.2, 0.25) is 5.02 Å². The molecule has 4 saturated carbocycles. The number of carbonyl (C=O) groups is 1. The second-order valence-electron chi connectivity index (χ2n) is 10.7. The molecule has 1 aromatic carbocycles. The molecular weight excluding hydrogens is 402 g/mol. The number of nitrogens with zero attached hydrogens (tertiary/aromatic N) is 1. The number of benzene rings is 1. The fraction of sp³-hybridized carbons (Fsp3) is 0.667. The Bertz CT molecular complexity index is 917. The van der Waals surface area contributed by atoms with Crippen LogP contribution in [0.4, 0.5) is 0 Å². The van der Waals surface area contributed by atoms with Gasteiger partial charge in [0.05, 0.1) is 11.8 Å². The van der Waals surface area contributed by atoms with Gasteiger partial charge in [-0.15, -0.1) is 0 Å². The molecule has 1 N–H and O–H groups in total. The Labute approximate surface area is 181 Å². The number of aliphatic hydroxyl groups is 1. The maximum absolute atomic E-state index is 13.0. The van der Waals surface area contributed by atoms with Crippen molar-refractivity contribution in [2.45, 2.75) is 76.6 Å². The number of halogens is 1. The molecule has 160 valence electrons. The van der Waals surface area contributed by atoms with Gasteiger partial charge in [-0.05, 0) is 67.6 Å². The summed E-state index contributed by atoms with van der Waals surface area (Å²) in [5.41, 5.74) is 2.22. The molecule has 1 unspecified atom stereocenters. The summed E-state index contributed by atoms with van der Waals surface area (Å²) in [5.74, 6) is 2.18. The SMILES string of the molecule is CC1CC(C2CC(C34CC(CC(=O)[C@H]5C[C@@H](O)c6cc(Cl)ccc6O5)(C3)C4)=NO2)C1. The summed E-state index contributed by atoms with van der Waals surface area (Å²) in [5, 5.41) is 15.5. The van der Waals surface area contributed by atoms with Crippen LogP contribution >= 0.6 is 11.6 Å². The zero-order valence-corrected chi connectivity index (χ0v) is 18.0. The number of hydrogen-bond acceptors (Lipinski definition) is 5. The van der Waals surface area contributed by atoms with Crippen LogP contribution in [0.5, 0.6) is 5.75 Å². The first-order chi connectivity index (χ1) is 14.3. The number of rotatable bonds is 5. The van der Waals surface area contributed by atoms with E-state index in [1.807, 2.05) is 0 Å². The van der Waals surface area contributed by atoms with Crippen molar-refractivity contribution in [1.29, 1.82) is 0 Å². The normalized spacial score (nSPS) is 43.2. The third-order valence-electron chi connectivity index (χ3n) is 8.33. The van der Waals surface area contributed by atoms with Crippen molar-refractivity contribution in [3.63, 3.8) is 0 Å². The molecule has 5 nitrogen and oxygen atoms in total. The first-order valence-corrected chi connectivity index (χ1v) is 11.6. The van der Waals surface area contributed by atoms with Gasteiger partial charge in [-0.25, -0.2) is 0 Å². The molecule has 1 aromatic rings. The van der Waals surface area contributed by atoms with Gasteiger partial charge in [-0.2, -0.15) is 0 Å². The molecule has 2 bridgehead atoms. The van der Waals surface area contributed by atoms with Crippen molar-refractivity contribution >= 4 is 23.1 Å². The first-order valence-electron chi connectivity index (χ1n) is 11.2. The Balaban J connectivity index is 1.04. The third-order valence-corrected chi connectivity index (χ3v) is 8.56. The van der Waals surface area contributed by atoms with Crippen molar-refractivity contribution in [2.75, 3.05) is 0 Å². The smallest absolute Gasteiger partial charge is 0.173 e. The Morgan fingerprint density at radius 2 is 2.03 bits per heavy atom. The molecule has 0 saturated heterocycles. The Morgan fingerprint density at radius 1 is 1.27 bits per heavy atom. The number of fused-ring (bicyclic) bond motifs is 1. The van der Waals surface area contributed by atoms with E-state index >= 15 is 0 Å². The van der Waals surface area contributed by atoms with Crippen LogP contribution < -0.4 is 4.74 Å². The Morgan fingerprint density at radius 3 is 2.77 bits per heavy atom. The van der Waals surface area contributed by atoms with Gasteiger partial charge < -0.3 is 14.7 Å². The molecule has 2 heterocycles. The van der Waals surface area contributed by atoms with Crippen LogP contribution in [-0.2, 0) is 9.63 Å². The lowest BCUT2D eigenvalue weighted by Gasteiger charge is -2.70. The molecule has 30 heavy (non-hydrogen) atoms. The highest BCUT2D eigenvalue weighted by Gasteiger charge is 2.71. The maximum Gasteiger partial charge on any atom is 0.173 e. The van der Waals surface area contributed by atoms with Crippen molar-refractivity contribution < 1.29 is 19.5 Å². The highest BCUT2D eigenvalue weighted by Crippen LogP contribution is 2.76. The molecule has 0 aromatic heterocycles. The van der Waals surface area contributed by atoms with E-state index in [9.17, 15) is 9.90 Å². The van der Waals surface area contributed by atoms with Gasteiger partial charge in [0, 0.05) is 35.3 Å². The molecule has 0 amide bonds. The fourth-order valence-electron chi connectivity index (χ4n) is 6.82. The molecule has 0 spiro atoms. The quantitative estimate of drug-likeness (QED) is 0.726. The highest BCUT2D eigenvalue weighted by molar-refractivity contribution is 6.30. The van der Waals surface area contributed by atoms with Gasteiger partial charge in [0.2, 0.25) is 0 Å². The van der Waals surface area contributed by atoms with Gasteiger partial charge >= 0.3 is 0 Å². The van der Waals surface area contributed by atoms with E-state index in [2.05, 4.69) is 12.1 Å². The standard InChI is InChI=1S/C24H28ClNO4/c1-13-4-14(5-13)20-8-22(26-30-20)24-10-23(11-24,12-24)9-18(28)21-7-17(27)16-6-15(25)2-3-19(16)29-21/h2-3,6,13-14,17,20-21,27H,4-5,7-12H2,1H3/t13?,14?,17-,20?,21-,23?,24?/m1/s1. The van der Waals surface area contributed by atoms with E-state index in [-0.39, 0.29) is 22.7 Å². The van der Waals surface area contributed by atoms with E-state index in [1.54, 1.807) is 18.2 Å². The molecule has 7 rings (SSSR count). The van der Waals surface area contributed by atoms with Crippen LogP contribution in [0.1, 0.15) is 70.0 Å². The lowest BCUT2D eigenvalue weighted by Crippen LogP contribution is -2.66. The maximum atomic E-state index is 13.0. The number of hydrogen-bond donors (Lipinski definition) is 1. The summed E-state index contributed by atoms with van der Waals surface area (Å²) in [7, 11) is 0. The Hall–Kier alpha value is -1.59. The third kappa shape index (κ3) is 2.85. The fourth-order valence-corrected chi connectivity index (χ4v) is 7.00. The number of oxime groups is 1. The zero-order chi connectivity index (χ0) is 20.7. The topological polar surface area (TPSA) is 68.1 Å². The molecule has 4 fully saturated rings. The monoisotopic (exact) mass is 429 g/mol. The predicted octanol–water partition coefficient (Wildman–Crippen LogP) is 4.85. The van der Waals surface area contributed by atoms with Crippen molar-refractivity contribution in [1.82, 2.24) is 0 Å².